The van der Waals surface area contributed by atoms with Gasteiger partial charge in [0.05, 0.1) is 12.4 Å². The van der Waals surface area contributed by atoms with Gasteiger partial charge in [-0.15, -0.1) is 6.58 Å². The predicted octanol–water partition coefficient (Wildman–Crippen LogP) is 6.52. The molecule has 0 aliphatic rings. The molecule has 0 amide bonds. The third-order valence-corrected chi connectivity index (χ3v) is 4.47. The monoisotopic (exact) mass is 364 g/mol. The maximum atomic E-state index is 13.9. The van der Waals surface area contributed by atoms with Gasteiger partial charge >= 0.3 is 0 Å². The van der Waals surface area contributed by atoms with Crippen molar-refractivity contribution in [2.75, 3.05) is 0 Å². The minimum absolute atomic E-state index is 0.242. The molecule has 0 atom stereocenters. The summed E-state index contributed by atoms with van der Waals surface area (Å²) >= 11 is 0. The standard InChI is InChI=1S/C24H29FN2/c1-3-5-6-7-8-10-20-11-13-21(14-12-20)18-26-27-19-22-15-16-23(9-4-2)24(25)17-22/h4,11-19H,2-3,5-10H2,1H3. The Morgan fingerprint density at radius 1 is 0.889 bits per heavy atom. The lowest BCUT2D eigenvalue weighted by molar-refractivity contribution is 0.614. The Bertz CT molecular complexity index is 760. The number of nitrogens with zero attached hydrogens (tertiary/aromatic N) is 2. The zero-order valence-corrected chi connectivity index (χ0v) is 16.2. The molecular formula is C24H29FN2. The fraction of sp³-hybridized carbons (Fsp3) is 0.333. The minimum Gasteiger partial charge on any atom is -0.207 e. The molecule has 2 aromatic rings. The highest BCUT2D eigenvalue weighted by atomic mass is 19.1. The summed E-state index contributed by atoms with van der Waals surface area (Å²) in [6.07, 6.45) is 13.1. The van der Waals surface area contributed by atoms with Gasteiger partial charge in [-0.3, -0.25) is 0 Å². The van der Waals surface area contributed by atoms with E-state index in [2.05, 4.69) is 48.0 Å². The van der Waals surface area contributed by atoms with Gasteiger partial charge in [-0.1, -0.05) is 75.1 Å². The molecule has 0 saturated carbocycles. The van der Waals surface area contributed by atoms with Crippen molar-refractivity contribution in [1.82, 2.24) is 0 Å². The third-order valence-electron chi connectivity index (χ3n) is 4.47. The van der Waals surface area contributed by atoms with Crippen LogP contribution >= 0.6 is 0 Å². The first-order chi connectivity index (χ1) is 13.2. The molecule has 0 saturated heterocycles. The van der Waals surface area contributed by atoms with Crippen LogP contribution in [0.1, 0.15) is 61.3 Å². The van der Waals surface area contributed by atoms with Crippen LogP contribution in [-0.4, -0.2) is 12.4 Å². The van der Waals surface area contributed by atoms with Gasteiger partial charge < -0.3 is 0 Å². The van der Waals surface area contributed by atoms with E-state index in [-0.39, 0.29) is 5.82 Å². The maximum Gasteiger partial charge on any atom is 0.127 e. The van der Waals surface area contributed by atoms with E-state index in [1.54, 1.807) is 24.6 Å². The van der Waals surface area contributed by atoms with E-state index in [9.17, 15) is 4.39 Å². The molecular weight excluding hydrogens is 335 g/mol. The van der Waals surface area contributed by atoms with Crippen molar-refractivity contribution in [2.24, 2.45) is 10.2 Å². The van der Waals surface area contributed by atoms with Gasteiger partial charge in [-0.25, -0.2) is 4.39 Å². The van der Waals surface area contributed by atoms with Crippen LogP contribution in [0.15, 0.2) is 65.3 Å². The Labute approximate surface area is 162 Å². The lowest BCUT2D eigenvalue weighted by Gasteiger charge is -2.02. The number of hydrogen-bond donors (Lipinski definition) is 0. The molecule has 0 aliphatic carbocycles. The Morgan fingerprint density at radius 3 is 2.22 bits per heavy atom. The van der Waals surface area contributed by atoms with E-state index in [1.165, 1.54) is 43.7 Å². The Kier molecular flexibility index (Phi) is 9.19. The second-order valence-corrected chi connectivity index (χ2v) is 6.74. The van der Waals surface area contributed by atoms with Gasteiger partial charge in [0.1, 0.15) is 5.82 Å². The molecule has 0 N–H and O–H groups in total. The molecule has 3 heteroatoms. The number of rotatable bonds is 11. The summed E-state index contributed by atoms with van der Waals surface area (Å²) in [4.78, 5) is 0. The Hall–Kier alpha value is -2.55. The number of allylic oxidation sites excluding steroid dienone is 1. The van der Waals surface area contributed by atoms with Crippen LogP contribution in [0.4, 0.5) is 4.39 Å². The molecule has 0 fully saturated rings. The number of unbranched alkanes of at least 4 members (excludes halogenated alkanes) is 4. The first-order valence-electron chi connectivity index (χ1n) is 9.77. The van der Waals surface area contributed by atoms with Crippen molar-refractivity contribution in [2.45, 2.75) is 51.9 Å². The van der Waals surface area contributed by atoms with E-state index >= 15 is 0 Å². The molecule has 2 aromatic carbocycles. The molecule has 2 rings (SSSR count). The predicted molar refractivity (Wildman–Crippen MR) is 114 cm³/mol. The molecule has 0 radical (unpaired) electrons. The number of hydrogen-bond acceptors (Lipinski definition) is 2. The SMILES string of the molecule is C=CCc1ccc(C=NN=Cc2ccc(CCCCCCC)cc2)cc1F. The van der Waals surface area contributed by atoms with E-state index < -0.39 is 0 Å². The Balaban J connectivity index is 1.82. The summed E-state index contributed by atoms with van der Waals surface area (Å²) in [6, 6.07) is 13.5. The van der Waals surface area contributed by atoms with Crippen LogP contribution in [0, 0.1) is 5.82 Å². The summed E-state index contributed by atoms with van der Waals surface area (Å²) in [6.45, 7) is 5.87. The van der Waals surface area contributed by atoms with Crippen molar-refractivity contribution in [3.8, 4) is 0 Å². The maximum absolute atomic E-state index is 13.9. The molecule has 0 aromatic heterocycles. The van der Waals surface area contributed by atoms with E-state index in [4.69, 9.17) is 0 Å². The molecule has 27 heavy (non-hydrogen) atoms. The van der Waals surface area contributed by atoms with Crippen LogP contribution in [0.25, 0.3) is 0 Å². The first-order valence-corrected chi connectivity index (χ1v) is 9.77. The zero-order valence-electron chi connectivity index (χ0n) is 16.2. The lowest BCUT2D eigenvalue weighted by Crippen LogP contribution is -1.91. The molecule has 2 nitrogen and oxygen atoms in total. The van der Waals surface area contributed by atoms with Crippen LogP contribution in [0.3, 0.4) is 0 Å². The molecule has 0 heterocycles. The van der Waals surface area contributed by atoms with Crippen molar-refractivity contribution in [3.63, 3.8) is 0 Å². The van der Waals surface area contributed by atoms with Crippen molar-refractivity contribution < 1.29 is 4.39 Å². The van der Waals surface area contributed by atoms with Crippen molar-refractivity contribution in [3.05, 3.63) is 83.2 Å². The van der Waals surface area contributed by atoms with E-state index in [0.29, 0.717) is 17.5 Å². The van der Waals surface area contributed by atoms with Gasteiger partial charge in [0.25, 0.3) is 0 Å². The van der Waals surface area contributed by atoms with E-state index in [0.717, 1.165) is 12.0 Å². The number of halogens is 1. The summed E-state index contributed by atoms with van der Waals surface area (Å²) in [5.74, 6) is -0.242. The van der Waals surface area contributed by atoms with E-state index in [1.807, 2.05) is 6.07 Å². The first kappa shape index (κ1) is 20.8. The summed E-state index contributed by atoms with van der Waals surface area (Å²) in [5, 5.41) is 8.07. The molecule has 0 aliphatic heterocycles. The van der Waals surface area contributed by atoms with Gasteiger partial charge in [0.2, 0.25) is 0 Å². The highest BCUT2D eigenvalue weighted by Gasteiger charge is 2.00. The molecule has 142 valence electrons. The summed E-state index contributed by atoms with van der Waals surface area (Å²) < 4.78 is 13.9. The van der Waals surface area contributed by atoms with Crippen LogP contribution < -0.4 is 0 Å². The second-order valence-electron chi connectivity index (χ2n) is 6.74. The van der Waals surface area contributed by atoms with Crippen LogP contribution in [-0.2, 0) is 12.8 Å². The van der Waals surface area contributed by atoms with Gasteiger partial charge in [-0.2, -0.15) is 10.2 Å². The fourth-order valence-corrected chi connectivity index (χ4v) is 2.87. The zero-order chi connectivity index (χ0) is 19.3. The minimum atomic E-state index is -0.242. The molecule has 0 spiro atoms. The van der Waals surface area contributed by atoms with Crippen molar-refractivity contribution >= 4 is 12.4 Å². The largest absolute Gasteiger partial charge is 0.207 e. The average molecular weight is 365 g/mol. The normalized spacial score (nSPS) is 11.5. The topological polar surface area (TPSA) is 24.7 Å². The highest BCUT2D eigenvalue weighted by molar-refractivity contribution is 5.82. The summed E-state index contributed by atoms with van der Waals surface area (Å²) in [7, 11) is 0. The van der Waals surface area contributed by atoms with Gasteiger partial charge in [0.15, 0.2) is 0 Å². The second kappa shape index (κ2) is 11.9. The average Bonchev–Trinajstić information content (AvgIpc) is 2.68. The van der Waals surface area contributed by atoms with Crippen molar-refractivity contribution in [1.29, 1.82) is 0 Å². The molecule has 0 bridgehead atoms. The quantitative estimate of drug-likeness (QED) is 0.188. The van der Waals surface area contributed by atoms with Gasteiger partial charge in [-0.05, 0) is 47.6 Å². The highest BCUT2D eigenvalue weighted by Crippen LogP contribution is 2.11. The fourth-order valence-electron chi connectivity index (χ4n) is 2.87. The Morgan fingerprint density at radius 2 is 1.56 bits per heavy atom. The smallest absolute Gasteiger partial charge is 0.127 e. The lowest BCUT2D eigenvalue weighted by atomic mass is 10.0. The van der Waals surface area contributed by atoms with Crippen LogP contribution in [0.2, 0.25) is 0 Å². The number of benzene rings is 2. The van der Waals surface area contributed by atoms with Crippen LogP contribution in [0.5, 0.6) is 0 Å². The third kappa shape index (κ3) is 7.69. The molecule has 0 unspecified atom stereocenters. The number of aryl methyl sites for hydroxylation is 1. The summed E-state index contributed by atoms with van der Waals surface area (Å²) in [5.41, 5.74) is 3.70. The van der Waals surface area contributed by atoms with Gasteiger partial charge in [0, 0.05) is 0 Å².